The summed E-state index contributed by atoms with van der Waals surface area (Å²) >= 11 is 0. The van der Waals surface area contributed by atoms with Gasteiger partial charge in [-0.1, -0.05) is 19.1 Å². The molecular weight excluding hydrogens is 238 g/mol. The van der Waals surface area contributed by atoms with Crippen LogP contribution in [0.15, 0.2) is 36.7 Å². The van der Waals surface area contributed by atoms with Crippen molar-refractivity contribution in [2.45, 2.75) is 26.3 Å². The molecule has 0 radical (unpaired) electrons. The van der Waals surface area contributed by atoms with Crippen molar-refractivity contribution in [3.8, 4) is 0 Å². The van der Waals surface area contributed by atoms with Gasteiger partial charge in [-0.3, -0.25) is 0 Å². The van der Waals surface area contributed by atoms with Crippen LogP contribution in [0.5, 0.6) is 0 Å². The molecule has 0 unspecified atom stereocenters. The smallest absolute Gasteiger partial charge is 0.207 e. The highest BCUT2D eigenvalue weighted by Gasteiger charge is 2.03. The molecule has 1 heterocycles. The van der Waals surface area contributed by atoms with E-state index in [2.05, 4.69) is 46.1 Å². The van der Waals surface area contributed by atoms with Crippen molar-refractivity contribution in [2.75, 3.05) is 19.0 Å². The van der Waals surface area contributed by atoms with Crippen LogP contribution >= 0.6 is 0 Å². The van der Waals surface area contributed by atoms with E-state index in [1.165, 1.54) is 5.56 Å². The maximum absolute atomic E-state index is 5.07. The quantitative estimate of drug-likeness (QED) is 0.776. The molecule has 2 rings (SSSR count). The van der Waals surface area contributed by atoms with Gasteiger partial charge in [0.25, 0.3) is 0 Å². The Balaban J connectivity index is 2.03. The van der Waals surface area contributed by atoms with Crippen LogP contribution in [0.25, 0.3) is 0 Å². The molecule has 1 aromatic heterocycles. The molecule has 4 heteroatoms. The standard InChI is InChI=1S/C15H21N3O/c1-3-13-6-4-7-14(12-13)17-15-16-8-10-18(15)9-5-11-19-2/h4,6-8,10,12H,3,5,9,11H2,1-2H3,(H,16,17). The third-order valence-corrected chi connectivity index (χ3v) is 3.05. The number of aryl methyl sites for hydroxylation is 2. The molecule has 0 atom stereocenters. The summed E-state index contributed by atoms with van der Waals surface area (Å²) in [6, 6.07) is 8.43. The van der Waals surface area contributed by atoms with E-state index in [4.69, 9.17) is 4.74 Å². The van der Waals surface area contributed by atoms with Gasteiger partial charge in [0.2, 0.25) is 5.95 Å². The number of aromatic nitrogens is 2. The molecule has 19 heavy (non-hydrogen) atoms. The zero-order chi connectivity index (χ0) is 13.5. The van der Waals surface area contributed by atoms with E-state index in [1.54, 1.807) is 7.11 Å². The van der Waals surface area contributed by atoms with Gasteiger partial charge in [0.1, 0.15) is 0 Å². The third kappa shape index (κ3) is 3.83. The van der Waals surface area contributed by atoms with Crippen LogP contribution in [0.3, 0.4) is 0 Å². The Morgan fingerprint density at radius 3 is 3.05 bits per heavy atom. The highest BCUT2D eigenvalue weighted by molar-refractivity contribution is 5.54. The van der Waals surface area contributed by atoms with Gasteiger partial charge in [0, 0.05) is 38.3 Å². The van der Waals surface area contributed by atoms with E-state index in [1.807, 2.05) is 12.4 Å². The summed E-state index contributed by atoms with van der Waals surface area (Å²) in [6.07, 6.45) is 5.83. The van der Waals surface area contributed by atoms with Crippen molar-refractivity contribution in [3.05, 3.63) is 42.2 Å². The predicted molar refractivity (Wildman–Crippen MR) is 77.8 cm³/mol. The van der Waals surface area contributed by atoms with Crippen molar-refractivity contribution in [2.24, 2.45) is 0 Å². The molecule has 0 aliphatic heterocycles. The van der Waals surface area contributed by atoms with E-state index >= 15 is 0 Å². The van der Waals surface area contributed by atoms with E-state index in [9.17, 15) is 0 Å². The predicted octanol–water partition coefficient (Wildman–Crippen LogP) is 3.23. The number of benzene rings is 1. The lowest BCUT2D eigenvalue weighted by molar-refractivity contribution is 0.190. The Bertz CT molecular complexity index is 508. The van der Waals surface area contributed by atoms with Gasteiger partial charge in [-0.15, -0.1) is 0 Å². The summed E-state index contributed by atoms with van der Waals surface area (Å²) in [5.41, 5.74) is 2.40. The largest absolute Gasteiger partial charge is 0.385 e. The van der Waals surface area contributed by atoms with E-state index < -0.39 is 0 Å². The molecule has 0 fully saturated rings. The van der Waals surface area contributed by atoms with Gasteiger partial charge in [0.05, 0.1) is 0 Å². The Morgan fingerprint density at radius 2 is 2.26 bits per heavy atom. The maximum Gasteiger partial charge on any atom is 0.207 e. The fraction of sp³-hybridized carbons (Fsp3) is 0.400. The third-order valence-electron chi connectivity index (χ3n) is 3.05. The SMILES string of the molecule is CCc1cccc(Nc2nccn2CCCOC)c1. The number of hydrogen-bond donors (Lipinski definition) is 1. The molecule has 0 aliphatic rings. The highest BCUT2D eigenvalue weighted by Crippen LogP contribution is 2.17. The zero-order valence-electron chi connectivity index (χ0n) is 11.6. The number of rotatable bonds is 7. The molecule has 0 saturated heterocycles. The summed E-state index contributed by atoms with van der Waals surface area (Å²) < 4.78 is 7.18. The zero-order valence-corrected chi connectivity index (χ0v) is 11.6. The molecule has 0 saturated carbocycles. The number of hydrogen-bond acceptors (Lipinski definition) is 3. The first-order chi connectivity index (χ1) is 9.33. The van der Waals surface area contributed by atoms with Crippen molar-refractivity contribution in [1.82, 2.24) is 9.55 Å². The van der Waals surface area contributed by atoms with Crippen LogP contribution in [0.1, 0.15) is 18.9 Å². The average Bonchev–Trinajstić information content (AvgIpc) is 2.87. The van der Waals surface area contributed by atoms with Crippen molar-refractivity contribution >= 4 is 11.6 Å². The second-order valence-corrected chi connectivity index (χ2v) is 4.47. The summed E-state index contributed by atoms with van der Waals surface area (Å²) in [5, 5.41) is 3.37. The minimum absolute atomic E-state index is 0.767. The van der Waals surface area contributed by atoms with Crippen LogP contribution < -0.4 is 5.32 Å². The molecule has 2 aromatic rings. The first-order valence-corrected chi connectivity index (χ1v) is 6.69. The first-order valence-electron chi connectivity index (χ1n) is 6.69. The fourth-order valence-electron chi connectivity index (χ4n) is 1.99. The Morgan fingerprint density at radius 1 is 1.37 bits per heavy atom. The molecule has 102 valence electrons. The van der Waals surface area contributed by atoms with Crippen LogP contribution in [-0.2, 0) is 17.7 Å². The van der Waals surface area contributed by atoms with Gasteiger partial charge in [-0.05, 0) is 30.5 Å². The first kappa shape index (κ1) is 13.6. The van der Waals surface area contributed by atoms with E-state index in [0.29, 0.717) is 0 Å². The van der Waals surface area contributed by atoms with Gasteiger partial charge < -0.3 is 14.6 Å². The van der Waals surface area contributed by atoms with E-state index in [-0.39, 0.29) is 0 Å². The normalized spacial score (nSPS) is 10.6. The second-order valence-electron chi connectivity index (χ2n) is 4.47. The molecule has 4 nitrogen and oxygen atoms in total. The number of anilines is 2. The lowest BCUT2D eigenvalue weighted by Crippen LogP contribution is -2.05. The van der Waals surface area contributed by atoms with E-state index in [0.717, 1.165) is 37.6 Å². The summed E-state index contributed by atoms with van der Waals surface area (Å²) in [4.78, 5) is 4.36. The van der Waals surface area contributed by atoms with Gasteiger partial charge >= 0.3 is 0 Å². The van der Waals surface area contributed by atoms with Crippen LogP contribution in [-0.4, -0.2) is 23.3 Å². The van der Waals surface area contributed by atoms with Crippen LogP contribution in [0.4, 0.5) is 11.6 Å². The van der Waals surface area contributed by atoms with Crippen molar-refractivity contribution in [3.63, 3.8) is 0 Å². The highest BCUT2D eigenvalue weighted by atomic mass is 16.5. The van der Waals surface area contributed by atoms with Crippen LogP contribution in [0, 0.1) is 0 Å². The van der Waals surface area contributed by atoms with Gasteiger partial charge in [-0.2, -0.15) is 0 Å². The molecule has 0 spiro atoms. The number of nitrogens with one attached hydrogen (secondary N) is 1. The van der Waals surface area contributed by atoms with Gasteiger partial charge in [0.15, 0.2) is 0 Å². The lowest BCUT2D eigenvalue weighted by atomic mass is 10.1. The minimum Gasteiger partial charge on any atom is -0.385 e. The van der Waals surface area contributed by atoms with Gasteiger partial charge in [-0.25, -0.2) is 4.98 Å². The molecule has 1 N–H and O–H groups in total. The molecular formula is C15H21N3O. The molecule has 0 amide bonds. The monoisotopic (exact) mass is 259 g/mol. The number of ether oxygens (including phenoxy) is 1. The average molecular weight is 259 g/mol. The summed E-state index contributed by atoms with van der Waals surface area (Å²) in [6.45, 7) is 3.83. The van der Waals surface area contributed by atoms with Crippen molar-refractivity contribution in [1.29, 1.82) is 0 Å². The fourth-order valence-corrected chi connectivity index (χ4v) is 1.99. The summed E-state index contributed by atoms with van der Waals surface area (Å²) in [5.74, 6) is 0.879. The molecule has 1 aromatic carbocycles. The summed E-state index contributed by atoms with van der Waals surface area (Å²) in [7, 11) is 1.73. The lowest BCUT2D eigenvalue weighted by Gasteiger charge is -2.10. The van der Waals surface area contributed by atoms with Crippen LogP contribution in [0.2, 0.25) is 0 Å². The number of nitrogens with zero attached hydrogens (tertiary/aromatic N) is 2. The molecule has 0 bridgehead atoms. The topological polar surface area (TPSA) is 39.1 Å². The Hall–Kier alpha value is -1.81. The molecule has 0 aliphatic carbocycles. The number of methoxy groups -OCH3 is 1. The maximum atomic E-state index is 5.07. The Kier molecular flexibility index (Phi) is 4.98. The number of imidazole rings is 1. The second kappa shape index (κ2) is 6.95. The minimum atomic E-state index is 0.767. The van der Waals surface area contributed by atoms with Crippen molar-refractivity contribution < 1.29 is 4.74 Å². The Labute approximate surface area is 114 Å².